The maximum Gasteiger partial charge on any atom is 0.0560 e. The normalized spacial score (nSPS) is 17.6. The maximum absolute atomic E-state index is 3.24. The van der Waals surface area contributed by atoms with E-state index in [1.54, 1.807) is 0 Å². The van der Waals surface area contributed by atoms with Crippen molar-refractivity contribution in [2.75, 3.05) is 11.5 Å². The number of hydrogen-bond donors (Lipinski definition) is 0. The Kier molecular flexibility index (Phi) is 5.34. The maximum atomic E-state index is 3.24. The summed E-state index contributed by atoms with van der Waals surface area (Å²) in [6.07, 6.45) is 11.9. The van der Waals surface area contributed by atoms with Gasteiger partial charge in [-0.05, 0) is 49.7 Å². The number of allylic oxidation sites excluding steroid dienone is 4. The Labute approximate surface area is 109 Å². The molecule has 17 heavy (non-hydrogen) atoms. The molecule has 0 saturated heterocycles. The van der Waals surface area contributed by atoms with Crippen molar-refractivity contribution >= 4 is 11.8 Å². The molecule has 0 N–H and O–H groups in total. The molecule has 2 aliphatic rings. The average molecular weight is 242 g/mol. The largest absolute Gasteiger partial charge is 0.136 e. The van der Waals surface area contributed by atoms with Crippen LogP contribution in [0.2, 0.25) is 0 Å². The van der Waals surface area contributed by atoms with Crippen LogP contribution in [0.4, 0.5) is 0 Å². The smallest absolute Gasteiger partial charge is 0.0560 e. The third kappa shape index (κ3) is 4.76. The van der Waals surface area contributed by atoms with Gasteiger partial charge >= 0.3 is 0 Å². The average Bonchev–Trinajstić information content (AvgIpc) is 3.00. The van der Waals surface area contributed by atoms with Crippen LogP contribution in [0.25, 0.3) is 0 Å². The summed E-state index contributed by atoms with van der Waals surface area (Å²) < 4.78 is 0. The fraction of sp³-hybridized carbons (Fsp3) is 0.500. The summed E-state index contributed by atoms with van der Waals surface area (Å²) in [5, 5.41) is 0. The summed E-state index contributed by atoms with van der Waals surface area (Å²) in [5.74, 6) is 14.7. The summed E-state index contributed by atoms with van der Waals surface area (Å²) in [7, 11) is 0. The van der Waals surface area contributed by atoms with Gasteiger partial charge in [0.15, 0.2) is 0 Å². The zero-order valence-corrected chi connectivity index (χ0v) is 11.0. The third-order valence-electron chi connectivity index (χ3n) is 2.93. The first-order chi connectivity index (χ1) is 8.45. The lowest BCUT2D eigenvalue weighted by atomic mass is 10.2. The van der Waals surface area contributed by atoms with Crippen LogP contribution in [-0.4, -0.2) is 11.5 Å². The van der Waals surface area contributed by atoms with E-state index in [0.717, 1.165) is 11.5 Å². The second-order valence-corrected chi connectivity index (χ2v) is 5.33. The third-order valence-corrected chi connectivity index (χ3v) is 3.63. The molecular formula is C16H18S. The number of thioether (sulfide) groups is 1. The molecule has 2 rings (SSSR count). The van der Waals surface area contributed by atoms with Gasteiger partial charge in [0.2, 0.25) is 0 Å². The highest BCUT2D eigenvalue weighted by Crippen LogP contribution is 2.16. The zero-order chi connectivity index (χ0) is 11.8. The minimum atomic E-state index is 0.908. The van der Waals surface area contributed by atoms with Gasteiger partial charge in [-0.1, -0.05) is 35.8 Å². The number of rotatable bonds is 2. The lowest BCUT2D eigenvalue weighted by Gasteiger charge is -1.88. The fourth-order valence-corrected chi connectivity index (χ4v) is 2.47. The Bertz CT molecular complexity index is 390. The van der Waals surface area contributed by atoms with Crippen LogP contribution in [0.15, 0.2) is 23.3 Å². The van der Waals surface area contributed by atoms with Crippen molar-refractivity contribution < 1.29 is 0 Å². The molecular weight excluding hydrogens is 224 g/mol. The van der Waals surface area contributed by atoms with E-state index in [4.69, 9.17) is 0 Å². The lowest BCUT2D eigenvalue weighted by Crippen LogP contribution is -1.78. The molecule has 0 spiro atoms. The predicted molar refractivity (Wildman–Crippen MR) is 76.7 cm³/mol. The lowest BCUT2D eigenvalue weighted by molar-refractivity contribution is 0.919. The minimum Gasteiger partial charge on any atom is -0.136 e. The highest BCUT2D eigenvalue weighted by atomic mass is 32.2. The first-order valence-corrected chi connectivity index (χ1v) is 7.54. The Morgan fingerprint density at radius 2 is 1.41 bits per heavy atom. The molecule has 0 bridgehead atoms. The van der Waals surface area contributed by atoms with E-state index in [0.29, 0.717) is 0 Å². The van der Waals surface area contributed by atoms with Crippen molar-refractivity contribution in [2.45, 2.75) is 38.5 Å². The highest BCUT2D eigenvalue weighted by Gasteiger charge is 2.00. The minimum absolute atomic E-state index is 0.908. The second-order valence-electron chi connectivity index (χ2n) is 4.34. The molecule has 0 aromatic carbocycles. The van der Waals surface area contributed by atoms with Crippen LogP contribution >= 0.6 is 11.8 Å². The van der Waals surface area contributed by atoms with Gasteiger partial charge in [-0.25, -0.2) is 0 Å². The van der Waals surface area contributed by atoms with Gasteiger partial charge in [0.05, 0.1) is 11.5 Å². The second kappa shape index (κ2) is 7.31. The molecule has 0 amide bonds. The molecule has 0 saturated carbocycles. The molecule has 0 atom stereocenters. The molecule has 0 heterocycles. The first-order valence-electron chi connectivity index (χ1n) is 6.39. The monoisotopic (exact) mass is 242 g/mol. The molecule has 0 aromatic heterocycles. The van der Waals surface area contributed by atoms with Crippen molar-refractivity contribution in [1.82, 2.24) is 0 Å². The summed E-state index contributed by atoms with van der Waals surface area (Å²) in [6.45, 7) is 0. The van der Waals surface area contributed by atoms with E-state index in [1.165, 1.54) is 49.7 Å². The van der Waals surface area contributed by atoms with Crippen LogP contribution in [-0.2, 0) is 0 Å². The predicted octanol–water partition coefficient (Wildman–Crippen LogP) is 3.95. The molecule has 0 aliphatic heterocycles. The summed E-state index contributed by atoms with van der Waals surface area (Å²) in [4.78, 5) is 0. The van der Waals surface area contributed by atoms with E-state index in [1.807, 2.05) is 11.8 Å². The summed E-state index contributed by atoms with van der Waals surface area (Å²) >= 11 is 1.82. The van der Waals surface area contributed by atoms with E-state index in [-0.39, 0.29) is 0 Å². The topological polar surface area (TPSA) is 0 Å². The quantitative estimate of drug-likeness (QED) is 0.522. The van der Waals surface area contributed by atoms with Gasteiger partial charge in [0, 0.05) is 0 Å². The first kappa shape index (κ1) is 12.4. The van der Waals surface area contributed by atoms with E-state index in [2.05, 4.69) is 35.8 Å². The number of hydrogen-bond acceptors (Lipinski definition) is 1. The Hall–Kier alpha value is -1.05. The van der Waals surface area contributed by atoms with Crippen LogP contribution in [0.1, 0.15) is 38.5 Å². The standard InChI is InChI=1S/C16H18S/c1-2-8-15(7-1)11-5-13-17-14-6-12-16-9-3-4-10-16/h7,9H,1-4,8,10,13-14H2. The van der Waals surface area contributed by atoms with E-state index >= 15 is 0 Å². The van der Waals surface area contributed by atoms with Crippen LogP contribution in [0.5, 0.6) is 0 Å². The summed E-state index contributed by atoms with van der Waals surface area (Å²) in [5.41, 5.74) is 2.68. The van der Waals surface area contributed by atoms with Gasteiger partial charge in [0.25, 0.3) is 0 Å². The van der Waals surface area contributed by atoms with Gasteiger partial charge in [0.1, 0.15) is 0 Å². The van der Waals surface area contributed by atoms with Crippen LogP contribution < -0.4 is 0 Å². The molecule has 2 aliphatic carbocycles. The van der Waals surface area contributed by atoms with Gasteiger partial charge in [-0.3, -0.25) is 0 Å². The van der Waals surface area contributed by atoms with Gasteiger partial charge in [-0.2, -0.15) is 0 Å². The summed E-state index contributed by atoms with van der Waals surface area (Å²) in [6, 6.07) is 0. The van der Waals surface area contributed by atoms with Gasteiger partial charge < -0.3 is 0 Å². The van der Waals surface area contributed by atoms with Crippen molar-refractivity contribution in [1.29, 1.82) is 0 Å². The van der Waals surface area contributed by atoms with Crippen molar-refractivity contribution in [3.05, 3.63) is 23.3 Å². The Morgan fingerprint density at radius 1 is 0.882 bits per heavy atom. The van der Waals surface area contributed by atoms with Crippen LogP contribution in [0.3, 0.4) is 0 Å². The van der Waals surface area contributed by atoms with Gasteiger partial charge in [-0.15, -0.1) is 11.8 Å². The van der Waals surface area contributed by atoms with Crippen molar-refractivity contribution in [3.8, 4) is 23.7 Å². The molecule has 0 unspecified atom stereocenters. The van der Waals surface area contributed by atoms with E-state index in [9.17, 15) is 0 Å². The molecule has 0 nitrogen and oxygen atoms in total. The fourth-order valence-electron chi connectivity index (χ4n) is 2.02. The van der Waals surface area contributed by atoms with E-state index < -0.39 is 0 Å². The van der Waals surface area contributed by atoms with Crippen molar-refractivity contribution in [3.63, 3.8) is 0 Å². The molecule has 0 fully saturated rings. The molecule has 88 valence electrons. The van der Waals surface area contributed by atoms with Crippen molar-refractivity contribution in [2.24, 2.45) is 0 Å². The zero-order valence-electron chi connectivity index (χ0n) is 10.2. The molecule has 1 heteroatoms. The Balaban J connectivity index is 1.59. The Morgan fingerprint density at radius 3 is 1.82 bits per heavy atom. The highest BCUT2D eigenvalue weighted by molar-refractivity contribution is 7.99. The molecule has 0 aromatic rings. The van der Waals surface area contributed by atoms with Crippen LogP contribution in [0, 0.1) is 23.7 Å². The SMILES string of the molecule is C(#CC1=CCCC1)CSCC#CC1=CCCC1. The molecule has 0 radical (unpaired) electrons.